The first kappa shape index (κ1) is 12.2. The second-order valence-corrected chi connectivity index (χ2v) is 4.28. The van der Waals surface area contributed by atoms with Gasteiger partial charge in [-0.3, -0.25) is 0 Å². The highest BCUT2D eigenvalue weighted by Gasteiger charge is 2.03. The van der Waals surface area contributed by atoms with Crippen LogP contribution in [0.25, 0.3) is 11.6 Å². The van der Waals surface area contributed by atoms with Crippen LogP contribution in [0.15, 0.2) is 45.5 Å². The van der Waals surface area contributed by atoms with Crippen molar-refractivity contribution in [1.29, 1.82) is 10.5 Å². The molecule has 4 heteroatoms. The van der Waals surface area contributed by atoms with Crippen LogP contribution in [0, 0.1) is 22.7 Å². The fraction of sp³-hybridized carbons (Fsp3) is 0. The molecule has 0 atom stereocenters. The molecule has 0 unspecified atom stereocenters. The van der Waals surface area contributed by atoms with E-state index in [-0.39, 0.29) is 0 Å². The van der Waals surface area contributed by atoms with Crippen LogP contribution >= 0.6 is 15.9 Å². The Kier molecular flexibility index (Phi) is 3.62. The summed E-state index contributed by atoms with van der Waals surface area (Å²) in [6, 6.07) is 14.5. The SMILES string of the molecule is N#C/C(=C/c1ccc(Br)o1)c1ccc(C#N)cc1. The van der Waals surface area contributed by atoms with Gasteiger partial charge in [0.2, 0.25) is 0 Å². The van der Waals surface area contributed by atoms with E-state index >= 15 is 0 Å². The lowest BCUT2D eigenvalue weighted by atomic mass is 10.0. The number of rotatable bonds is 2. The smallest absolute Gasteiger partial charge is 0.169 e. The molecule has 1 heterocycles. The van der Waals surface area contributed by atoms with Gasteiger partial charge in [-0.2, -0.15) is 10.5 Å². The lowest BCUT2D eigenvalue weighted by molar-refractivity contribution is 0.532. The predicted octanol–water partition coefficient (Wildman–Crippen LogP) is 3.98. The Bertz CT molecular complexity index is 669. The molecule has 0 aliphatic rings. The van der Waals surface area contributed by atoms with E-state index in [2.05, 4.69) is 22.0 Å². The van der Waals surface area contributed by atoms with Crippen molar-refractivity contribution in [2.75, 3.05) is 0 Å². The Morgan fingerprint density at radius 2 is 1.83 bits per heavy atom. The highest BCUT2D eigenvalue weighted by atomic mass is 79.9. The Labute approximate surface area is 113 Å². The second kappa shape index (κ2) is 5.35. The maximum atomic E-state index is 9.14. The maximum absolute atomic E-state index is 9.14. The summed E-state index contributed by atoms with van der Waals surface area (Å²) in [6.45, 7) is 0. The van der Waals surface area contributed by atoms with E-state index in [9.17, 15) is 0 Å². The van der Waals surface area contributed by atoms with Gasteiger partial charge in [0, 0.05) is 0 Å². The van der Waals surface area contributed by atoms with Crippen LogP contribution in [0.5, 0.6) is 0 Å². The largest absolute Gasteiger partial charge is 0.450 e. The molecule has 0 aliphatic carbocycles. The minimum absolute atomic E-state index is 0.487. The second-order valence-electron chi connectivity index (χ2n) is 3.50. The number of furan rings is 1. The monoisotopic (exact) mass is 298 g/mol. The van der Waals surface area contributed by atoms with Gasteiger partial charge in [-0.15, -0.1) is 0 Å². The Balaban J connectivity index is 2.37. The highest BCUT2D eigenvalue weighted by molar-refractivity contribution is 9.10. The van der Waals surface area contributed by atoms with Crippen molar-refractivity contribution in [1.82, 2.24) is 0 Å². The van der Waals surface area contributed by atoms with E-state index in [4.69, 9.17) is 14.9 Å². The molecule has 2 rings (SSSR count). The summed E-state index contributed by atoms with van der Waals surface area (Å²) in [7, 11) is 0. The average Bonchev–Trinajstić information content (AvgIpc) is 2.82. The molecule has 86 valence electrons. The summed E-state index contributed by atoms with van der Waals surface area (Å²) >= 11 is 3.20. The van der Waals surface area contributed by atoms with Gasteiger partial charge in [0.05, 0.1) is 23.3 Å². The molecule has 0 N–H and O–H groups in total. The summed E-state index contributed by atoms with van der Waals surface area (Å²) in [5.74, 6) is 0.600. The van der Waals surface area contributed by atoms with Crippen molar-refractivity contribution in [2.24, 2.45) is 0 Å². The van der Waals surface area contributed by atoms with Gasteiger partial charge >= 0.3 is 0 Å². The maximum Gasteiger partial charge on any atom is 0.169 e. The van der Waals surface area contributed by atoms with Gasteiger partial charge in [0.1, 0.15) is 5.76 Å². The fourth-order valence-electron chi connectivity index (χ4n) is 1.45. The summed E-state index contributed by atoms with van der Waals surface area (Å²) < 4.78 is 5.94. The molecular formula is C14H7BrN2O. The Hall–Kier alpha value is -2.30. The van der Waals surface area contributed by atoms with Gasteiger partial charge < -0.3 is 4.42 Å². The van der Waals surface area contributed by atoms with E-state index in [0.29, 0.717) is 21.6 Å². The molecule has 1 aromatic heterocycles. The van der Waals surface area contributed by atoms with Crippen LogP contribution in [0.3, 0.4) is 0 Å². The summed E-state index contributed by atoms with van der Waals surface area (Å²) in [5.41, 5.74) is 1.81. The van der Waals surface area contributed by atoms with Crippen molar-refractivity contribution in [3.8, 4) is 12.1 Å². The van der Waals surface area contributed by atoms with E-state index in [1.807, 2.05) is 6.07 Å². The number of hydrogen-bond donors (Lipinski definition) is 0. The Morgan fingerprint density at radius 1 is 1.11 bits per heavy atom. The predicted molar refractivity (Wildman–Crippen MR) is 71.0 cm³/mol. The van der Waals surface area contributed by atoms with Gasteiger partial charge in [-0.25, -0.2) is 0 Å². The zero-order valence-electron chi connectivity index (χ0n) is 9.22. The third-order valence-corrected chi connectivity index (χ3v) is 2.75. The number of nitriles is 2. The molecule has 0 bridgehead atoms. The third-order valence-electron chi connectivity index (χ3n) is 2.33. The first-order valence-electron chi connectivity index (χ1n) is 5.10. The minimum atomic E-state index is 0.487. The Morgan fingerprint density at radius 3 is 2.33 bits per heavy atom. The topological polar surface area (TPSA) is 60.7 Å². The number of hydrogen-bond acceptors (Lipinski definition) is 3. The third kappa shape index (κ3) is 2.68. The molecule has 0 saturated carbocycles. The highest BCUT2D eigenvalue weighted by Crippen LogP contribution is 2.21. The number of halogens is 1. The molecular weight excluding hydrogens is 292 g/mol. The van der Waals surface area contributed by atoms with Gasteiger partial charge in [-0.1, -0.05) is 12.1 Å². The van der Waals surface area contributed by atoms with Gasteiger partial charge in [0.25, 0.3) is 0 Å². The normalized spacial score (nSPS) is 10.7. The van der Waals surface area contributed by atoms with Crippen LogP contribution < -0.4 is 0 Å². The standard InChI is InChI=1S/C14H7BrN2O/c15-14-6-5-13(18-14)7-12(9-17)11-3-1-10(8-16)2-4-11/h1-7H/b12-7-. The molecule has 3 nitrogen and oxygen atoms in total. The van der Waals surface area contributed by atoms with Crippen molar-refractivity contribution < 1.29 is 4.42 Å². The molecule has 2 aromatic rings. The molecule has 0 radical (unpaired) electrons. The summed E-state index contributed by atoms with van der Waals surface area (Å²) in [4.78, 5) is 0. The fourth-order valence-corrected chi connectivity index (χ4v) is 1.77. The molecule has 18 heavy (non-hydrogen) atoms. The van der Waals surface area contributed by atoms with Crippen LogP contribution in [-0.2, 0) is 0 Å². The van der Waals surface area contributed by atoms with Crippen molar-refractivity contribution in [2.45, 2.75) is 0 Å². The minimum Gasteiger partial charge on any atom is -0.450 e. The molecule has 0 spiro atoms. The molecule has 0 aliphatic heterocycles. The first-order chi connectivity index (χ1) is 8.72. The zero-order valence-corrected chi connectivity index (χ0v) is 10.8. The number of benzene rings is 1. The average molecular weight is 299 g/mol. The van der Waals surface area contributed by atoms with Gasteiger partial charge in [-0.05, 0) is 51.8 Å². The van der Waals surface area contributed by atoms with E-state index in [1.54, 1.807) is 42.5 Å². The molecule has 0 saturated heterocycles. The van der Waals surface area contributed by atoms with E-state index < -0.39 is 0 Å². The summed E-state index contributed by atoms with van der Waals surface area (Å²) in [6.07, 6.45) is 1.66. The van der Waals surface area contributed by atoms with Crippen molar-refractivity contribution in [3.05, 3.63) is 58.0 Å². The van der Waals surface area contributed by atoms with Crippen LogP contribution in [0.4, 0.5) is 0 Å². The summed E-state index contributed by atoms with van der Waals surface area (Å²) in [5, 5.41) is 17.8. The van der Waals surface area contributed by atoms with Crippen LogP contribution in [0.2, 0.25) is 0 Å². The molecule has 1 aromatic carbocycles. The molecule has 0 fully saturated rings. The van der Waals surface area contributed by atoms with Crippen molar-refractivity contribution >= 4 is 27.6 Å². The lowest BCUT2D eigenvalue weighted by Gasteiger charge is -1.98. The van der Waals surface area contributed by atoms with Crippen LogP contribution in [0.1, 0.15) is 16.9 Å². The number of allylic oxidation sites excluding steroid dienone is 1. The molecule has 0 amide bonds. The lowest BCUT2D eigenvalue weighted by Crippen LogP contribution is -1.82. The zero-order chi connectivity index (χ0) is 13.0. The quantitative estimate of drug-likeness (QED) is 0.788. The van der Waals surface area contributed by atoms with Gasteiger partial charge in [0.15, 0.2) is 4.67 Å². The number of nitrogens with zero attached hydrogens (tertiary/aromatic N) is 2. The van der Waals surface area contributed by atoms with Crippen molar-refractivity contribution in [3.63, 3.8) is 0 Å². The van der Waals surface area contributed by atoms with Crippen LogP contribution in [-0.4, -0.2) is 0 Å². The van der Waals surface area contributed by atoms with E-state index in [1.165, 1.54) is 0 Å². The first-order valence-corrected chi connectivity index (χ1v) is 5.90. The van der Waals surface area contributed by atoms with E-state index in [0.717, 1.165) is 5.56 Å².